The molecule has 0 aliphatic rings. The van der Waals surface area contributed by atoms with Crippen molar-refractivity contribution in [3.63, 3.8) is 0 Å². The number of methoxy groups -OCH3 is 1. The van der Waals surface area contributed by atoms with E-state index >= 15 is 0 Å². The fourth-order valence-electron chi connectivity index (χ4n) is 0.672. The molecule has 12 heavy (non-hydrogen) atoms. The first-order chi connectivity index (χ1) is 5.65. The Hall–Kier alpha value is -1.85. The summed E-state index contributed by atoms with van der Waals surface area (Å²) in [6.45, 7) is 0. The van der Waals surface area contributed by atoms with Gasteiger partial charge in [-0.05, 0) is 0 Å². The van der Waals surface area contributed by atoms with Crippen molar-refractivity contribution in [2.24, 2.45) is 0 Å². The summed E-state index contributed by atoms with van der Waals surface area (Å²) < 4.78 is 4.39. The molecule has 0 radical (unpaired) electrons. The third-order valence-electron chi connectivity index (χ3n) is 1.20. The molecule has 6 nitrogen and oxygen atoms in total. The van der Waals surface area contributed by atoms with Gasteiger partial charge in [0.2, 0.25) is 0 Å². The van der Waals surface area contributed by atoms with Gasteiger partial charge < -0.3 is 16.2 Å². The number of ether oxygens (including phenoxy) is 1. The van der Waals surface area contributed by atoms with E-state index in [1.54, 1.807) is 0 Å². The highest BCUT2D eigenvalue weighted by atomic mass is 16.5. The zero-order valence-electron chi connectivity index (χ0n) is 6.44. The molecule has 1 heterocycles. The van der Waals surface area contributed by atoms with Crippen molar-refractivity contribution in [1.82, 2.24) is 9.97 Å². The smallest absolute Gasteiger partial charge is 0.360 e. The minimum atomic E-state index is -0.625. The molecule has 1 aromatic rings. The first-order valence-electron chi connectivity index (χ1n) is 3.11. The van der Waals surface area contributed by atoms with Gasteiger partial charge in [0.05, 0.1) is 13.3 Å². The van der Waals surface area contributed by atoms with E-state index in [2.05, 4.69) is 14.7 Å². The summed E-state index contributed by atoms with van der Waals surface area (Å²) in [6, 6.07) is 0. The highest BCUT2D eigenvalue weighted by Gasteiger charge is 2.12. The minimum Gasteiger partial charge on any atom is -0.464 e. The number of nitrogens with two attached hydrogens (primary N) is 2. The Kier molecular flexibility index (Phi) is 2.09. The summed E-state index contributed by atoms with van der Waals surface area (Å²) in [7, 11) is 1.24. The summed E-state index contributed by atoms with van der Waals surface area (Å²) in [5.74, 6) is -0.484. The molecule has 0 unspecified atom stereocenters. The van der Waals surface area contributed by atoms with Gasteiger partial charge in [0.1, 0.15) is 5.82 Å². The number of anilines is 2. The van der Waals surface area contributed by atoms with E-state index in [1.807, 2.05) is 0 Å². The third-order valence-corrected chi connectivity index (χ3v) is 1.20. The van der Waals surface area contributed by atoms with Gasteiger partial charge in [-0.3, -0.25) is 0 Å². The molecule has 4 N–H and O–H groups in total. The molecule has 64 valence electrons. The number of esters is 1. The van der Waals surface area contributed by atoms with Crippen molar-refractivity contribution >= 4 is 17.6 Å². The molecular formula is C6H8N4O2. The van der Waals surface area contributed by atoms with Crippen LogP contribution in [-0.2, 0) is 4.74 Å². The molecule has 0 bridgehead atoms. The molecule has 0 saturated heterocycles. The lowest BCUT2D eigenvalue weighted by molar-refractivity contribution is 0.0595. The molecule has 1 rings (SSSR count). The van der Waals surface area contributed by atoms with Crippen molar-refractivity contribution < 1.29 is 9.53 Å². The van der Waals surface area contributed by atoms with Crippen LogP contribution < -0.4 is 11.5 Å². The molecule has 0 fully saturated rings. The van der Waals surface area contributed by atoms with Crippen LogP contribution in [0.15, 0.2) is 6.20 Å². The van der Waals surface area contributed by atoms with Gasteiger partial charge in [-0.25, -0.2) is 14.8 Å². The SMILES string of the molecule is COC(=O)c1ncc(N)nc1N. The second-order valence-corrected chi connectivity index (χ2v) is 2.02. The predicted molar refractivity (Wildman–Crippen MR) is 42.2 cm³/mol. The Morgan fingerprint density at radius 1 is 1.58 bits per heavy atom. The summed E-state index contributed by atoms with van der Waals surface area (Å²) in [5, 5.41) is 0. The molecule has 0 aromatic carbocycles. The second kappa shape index (κ2) is 3.04. The third kappa shape index (κ3) is 1.42. The minimum absolute atomic E-state index is 0.0216. The van der Waals surface area contributed by atoms with E-state index in [0.717, 1.165) is 0 Å². The molecule has 0 aliphatic heterocycles. The molecule has 0 amide bonds. The van der Waals surface area contributed by atoms with Crippen molar-refractivity contribution in [2.45, 2.75) is 0 Å². The molecule has 6 heteroatoms. The number of hydrogen-bond donors (Lipinski definition) is 2. The lowest BCUT2D eigenvalue weighted by Crippen LogP contribution is -2.10. The molecular weight excluding hydrogens is 160 g/mol. The van der Waals surface area contributed by atoms with Crippen molar-refractivity contribution in [3.8, 4) is 0 Å². The van der Waals surface area contributed by atoms with Crippen LogP contribution in [0.2, 0.25) is 0 Å². The Balaban J connectivity index is 3.09. The summed E-state index contributed by atoms with van der Waals surface area (Å²) in [5.41, 5.74) is 10.6. The lowest BCUT2D eigenvalue weighted by atomic mass is 10.4. The summed E-state index contributed by atoms with van der Waals surface area (Å²) in [6.07, 6.45) is 1.24. The maximum atomic E-state index is 10.9. The van der Waals surface area contributed by atoms with Crippen LogP contribution in [0, 0.1) is 0 Å². The average Bonchev–Trinajstić information content (AvgIpc) is 2.03. The van der Waals surface area contributed by atoms with Crippen LogP contribution in [0.5, 0.6) is 0 Å². The van der Waals surface area contributed by atoms with Gasteiger partial charge in [0.25, 0.3) is 0 Å². The highest BCUT2D eigenvalue weighted by molar-refractivity contribution is 5.91. The Bertz CT molecular complexity index is 312. The Morgan fingerprint density at radius 3 is 2.75 bits per heavy atom. The van der Waals surface area contributed by atoms with Crippen molar-refractivity contribution in [3.05, 3.63) is 11.9 Å². The number of rotatable bonds is 1. The second-order valence-electron chi connectivity index (χ2n) is 2.02. The number of nitrogens with zero attached hydrogens (tertiary/aromatic N) is 2. The Labute approximate surface area is 68.6 Å². The first-order valence-corrected chi connectivity index (χ1v) is 3.11. The van der Waals surface area contributed by atoms with E-state index < -0.39 is 5.97 Å². The highest BCUT2D eigenvalue weighted by Crippen LogP contribution is 2.07. The van der Waals surface area contributed by atoms with Gasteiger partial charge in [0, 0.05) is 0 Å². The maximum Gasteiger partial charge on any atom is 0.360 e. The maximum absolute atomic E-state index is 10.9. The molecule has 1 aromatic heterocycles. The predicted octanol–water partition coefficient (Wildman–Crippen LogP) is -0.572. The quantitative estimate of drug-likeness (QED) is 0.544. The van der Waals surface area contributed by atoms with E-state index in [4.69, 9.17) is 11.5 Å². The molecule has 0 saturated carbocycles. The fraction of sp³-hybridized carbons (Fsp3) is 0.167. The Morgan fingerprint density at radius 2 is 2.25 bits per heavy atom. The van der Waals surface area contributed by atoms with Gasteiger partial charge in [0.15, 0.2) is 11.5 Å². The van der Waals surface area contributed by atoms with Gasteiger partial charge in [-0.1, -0.05) is 0 Å². The van der Waals surface area contributed by atoms with Crippen molar-refractivity contribution in [2.75, 3.05) is 18.6 Å². The van der Waals surface area contributed by atoms with E-state index in [1.165, 1.54) is 13.3 Å². The molecule has 0 spiro atoms. The normalized spacial score (nSPS) is 9.42. The number of carbonyl (C=O) groups excluding carboxylic acids is 1. The summed E-state index contributed by atoms with van der Waals surface area (Å²) >= 11 is 0. The zero-order valence-corrected chi connectivity index (χ0v) is 6.44. The van der Waals surface area contributed by atoms with Crippen LogP contribution in [0.25, 0.3) is 0 Å². The van der Waals surface area contributed by atoms with E-state index in [0.29, 0.717) is 0 Å². The number of carbonyl (C=O) groups is 1. The van der Waals surface area contributed by atoms with Crippen molar-refractivity contribution in [1.29, 1.82) is 0 Å². The van der Waals surface area contributed by atoms with Gasteiger partial charge in [-0.15, -0.1) is 0 Å². The zero-order chi connectivity index (χ0) is 9.14. The summed E-state index contributed by atoms with van der Waals surface area (Å²) in [4.78, 5) is 18.2. The number of hydrogen-bond acceptors (Lipinski definition) is 6. The van der Waals surface area contributed by atoms with Crippen LogP contribution in [0.4, 0.5) is 11.6 Å². The van der Waals surface area contributed by atoms with E-state index in [-0.39, 0.29) is 17.3 Å². The lowest BCUT2D eigenvalue weighted by Gasteiger charge is -2.01. The topological polar surface area (TPSA) is 104 Å². The standard InChI is InChI=1S/C6H8N4O2/c1-12-6(11)4-5(8)10-3(7)2-9-4/h2H,1H3,(H4,7,8,10). The fourth-order valence-corrected chi connectivity index (χ4v) is 0.672. The first kappa shape index (κ1) is 8.25. The van der Waals surface area contributed by atoms with Crippen LogP contribution >= 0.6 is 0 Å². The van der Waals surface area contributed by atoms with Gasteiger partial charge >= 0.3 is 5.97 Å². The molecule has 0 atom stereocenters. The molecule has 0 aliphatic carbocycles. The van der Waals surface area contributed by atoms with Crippen LogP contribution in [0.3, 0.4) is 0 Å². The largest absolute Gasteiger partial charge is 0.464 e. The number of aromatic nitrogens is 2. The average molecular weight is 168 g/mol. The van der Waals surface area contributed by atoms with Crippen LogP contribution in [-0.4, -0.2) is 23.0 Å². The van der Waals surface area contributed by atoms with E-state index in [9.17, 15) is 4.79 Å². The number of nitrogen functional groups attached to an aromatic ring is 2. The van der Waals surface area contributed by atoms with Crippen LogP contribution in [0.1, 0.15) is 10.5 Å². The van der Waals surface area contributed by atoms with Gasteiger partial charge in [-0.2, -0.15) is 0 Å². The monoisotopic (exact) mass is 168 g/mol.